The zero-order valence-electron chi connectivity index (χ0n) is 10.8. The molecule has 0 spiro atoms. The molecular formula is C14H19NOS2. The number of aryl methyl sites for hydroxylation is 1. The van der Waals surface area contributed by atoms with Gasteiger partial charge in [0.15, 0.2) is 0 Å². The molecule has 18 heavy (non-hydrogen) atoms. The third kappa shape index (κ3) is 3.23. The van der Waals surface area contributed by atoms with Gasteiger partial charge in [-0.25, -0.2) is 0 Å². The summed E-state index contributed by atoms with van der Waals surface area (Å²) in [6.45, 7) is 4.92. The van der Waals surface area contributed by atoms with Crippen LogP contribution in [0.3, 0.4) is 0 Å². The molecule has 2 nitrogen and oxygen atoms in total. The summed E-state index contributed by atoms with van der Waals surface area (Å²) in [7, 11) is 0. The average Bonchev–Trinajstić information content (AvgIpc) is 2.77. The molecule has 0 aromatic heterocycles. The van der Waals surface area contributed by atoms with E-state index in [1.54, 1.807) is 0 Å². The third-order valence-electron chi connectivity index (χ3n) is 3.39. The molecule has 1 unspecified atom stereocenters. The van der Waals surface area contributed by atoms with Gasteiger partial charge >= 0.3 is 0 Å². The molecular weight excluding hydrogens is 262 g/mol. The Morgan fingerprint density at radius 3 is 3.00 bits per heavy atom. The lowest BCUT2D eigenvalue weighted by Crippen LogP contribution is -2.37. The van der Waals surface area contributed by atoms with Crippen molar-refractivity contribution >= 4 is 30.3 Å². The van der Waals surface area contributed by atoms with Crippen LogP contribution in [0.5, 0.6) is 0 Å². The van der Waals surface area contributed by atoms with E-state index >= 15 is 0 Å². The van der Waals surface area contributed by atoms with Crippen LogP contribution in [0.4, 0.5) is 0 Å². The second kappa shape index (κ2) is 5.57. The Morgan fingerprint density at radius 2 is 2.33 bits per heavy atom. The number of benzene rings is 1. The largest absolute Gasteiger partial charge is 0.351 e. The molecule has 1 aromatic rings. The number of carbonyl (C=O) groups is 1. The number of carbonyl (C=O) groups excluding carboxylic acids is 1. The van der Waals surface area contributed by atoms with Crippen LogP contribution in [0.1, 0.15) is 35.7 Å². The third-order valence-corrected chi connectivity index (χ3v) is 5.21. The molecule has 2 rings (SSSR count). The SMILES string of the molecule is Cc1ccc(S)cc1C(=O)NCC1(C)CCCS1. The van der Waals surface area contributed by atoms with Crippen molar-refractivity contribution in [2.45, 2.75) is 36.3 Å². The molecule has 98 valence electrons. The Bertz CT molecular complexity index is 453. The standard InChI is InChI=1S/C14H19NOS2/c1-10-4-5-11(17)8-12(10)13(16)15-9-14(2)6-3-7-18-14/h4-5,8,17H,3,6-7,9H2,1-2H3,(H,15,16). The summed E-state index contributed by atoms with van der Waals surface area (Å²) in [5.74, 6) is 1.22. The first-order valence-corrected chi connectivity index (χ1v) is 7.65. The van der Waals surface area contributed by atoms with Crippen molar-refractivity contribution in [2.24, 2.45) is 0 Å². The Labute approximate surface area is 118 Å². The fourth-order valence-electron chi connectivity index (χ4n) is 2.19. The van der Waals surface area contributed by atoms with Gasteiger partial charge in [-0.05, 0) is 50.1 Å². The molecule has 0 bridgehead atoms. The minimum absolute atomic E-state index is 0.0112. The van der Waals surface area contributed by atoms with Gasteiger partial charge in [0.2, 0.25) is 0 Å². The van der Waals surface area contributed by atoms with Crippen molar-refractivity contribution in [1.29, 1.82) is 0 Å². The first-order valence-electron chi connectivity index (χ1n) is 6.22. The van der Waals surface area contributed by atoms with Crippen LogP contribution in [-0.4, -0.2) is 23.0 Å². The summed E-state index contributed by atoms with van der Waals surface area (Å²) in [6, 6.07) is 5.67. The highest BCUT2D eigenvalue weighted by Gasteiger charge is 2.29. The molecule has 1 saturated heterocycles. The van der Waals surface area contributed by atoms with Crippen LogP contribution in [0.25, 0.3) is 0 Å². The zero-order valence-corrected chi connectivity index (χ0v) is 12.5. The van der Waals surface area contributed by atoms with Gasteiger partial charge in [0.1, 0.15) is 0 Å². The molecule has 0 radical (unpaired) electrons. The van der Waals surface area contributed by atoms with Crippen molar-refractivity contribution in [3.05, 3.63) is 29.3 Å². The van der Waals surface area contributed by atoms with Crippen molar-refractivity contribution in [1.82, 2.24) is 5.32 Å². The monoisotopic (exact) mass is 281 g/mol. The van der Waals surface area contributed by atoms with E-state index in [4.69, 9.17) is 0 Å². The van der Waals surface area contributed by atoms with Gasteiger partial charge < -0.3 is 5.32 Å². The van der Waals surface area contributed by atoms with E-state index in [9.17, 15) is 4.79 Å². The number of thiol groups is 1. The summed E-state index contributed by atoms with van der Waals surface area (Å²) in [4.78, 5) is 13.0. The average molecular weight is 281 g/mol. The lowest BCUT2D eigenvalue weighted by Gasteiger charge is -2.23. The summed E-state index contributed by atoms with van der Waals surface area (Å²) in [6.07, 6.45) is 2.44. The van der Waals surface area contributed by atoms with Gasteiger partial charge in [-0.1, -0.05) is 6.07 Å². The predicted molar refractivity (Wildman–Crippen MR) is 80.9 cm³/mol. The van der Waals surface area contributed by atoms with Gasteiger partial charge in [-0.3, -0.25) is 4.79 Å². The normalized spacial score (nSPS) is 23.1. The molecule has 1 aliphatic heterocycles. The van der Waals surface area contributed by atoms with E-state index in [0.29, 0.717) is 0 Å². The molecule has 1 heterocycles. The maximum atomic E-state index is 12.2. The van der Waals surface area contributed by atoms with Crippen LogP contribution >= 0.6 is 24.4 Å². The highest BCUT2D eigenvalue weighted by atomic mass is 32.2. The first-order chi connectivity index (χ1) is 8.50. The highest BCUT2D eigenvalue weighted by molar-refractivity contribution is 8.00. The summed E-state index contributed by atoms with van der Waals surface area (Å²) < 4.78 is 0.210. The minimum atomic E-state index is 0.0112. The number of hydrogen-bond acceptors (Lipinski definition) is 3. The minimum Gasteiger partial charge on any atom is -0.351 e. The molecule has 1 atom stereocenters. The van der Waals surface area contributed by atoms with Crippen molar-refractivity contribution in [3.63, 3.8) is 0 Å². The molecule has 1 fully saturated rings. The van der Waals surface area contributed by atoms with Gasteiger partial charge in [0.25, 0.3) is 5.91 Å². The van der Waals surface area contributed by atoms with Crippen LogP contribution in [0, 0.1) is 6.92 Å². The van der Waals surface area contributed by atoms with Crippen molar-refractivity contribution in [2.75, 3.05) is 12.3 Å². The topological polar surface area (TPSA) is 29.1 Å². The molecule has 4 heteroatoms. The van der Waals surface area contributed by atoms with Gasteiger partial charge in [-0.15, -0.1) is 12.6 Å². The number of thioether (sulfide) groups is 1. The molecule has 0 aliphatic carbocycles. The lowest BCUT2D eigenvalue weighted by molar-refractivity contribution is 0.0949. The summed E-state index contributed by atoms with van der Waals surface area (Å²) in [5.41, 5.74) is 1.73. The van der Waals surface area contributed by atoms with E-state index in [0.717, 1.165) is 22.6 Å². The lowest BCUT2D eigenvalue weighted by atomic mass is 10.0. The maximum Gasteiger partial charge on any atom is 0.251 e. The number of nitrogens with one attached hydrogen (secondary N) is 1. The summed E-state index contributed by atoms with van der Waals surface area (Å²) >= 11 is 6.24. The van der Waals surface area contributed by atoms with Crippen LogP contribution in [0.2, 0.25) is 0 Å². The molecule has 1 amide bonds. The van der Waals surface area contributed by atoms with Gasteiger partial charge in [-0.2, -0.15) is 11.8 Å². The highest BCUT2D eigenvalue weighted by Crippen LogP contribution is 2.37. The smallest absolute Gasteiger partial charge is 0.251 e. The second-order valence-corrected chi connectivity index (χ2v) is 7.28. The van der Waals surface area contributed by atoms with E-state index < -0.39 is 0 Å². The second-order valence-electron chi connectivity index (χ2n) is 5.08. The number of amides is 1. The Hall–Kier alpha value is -0.610. The predicted octanol–water partition coefficient (Wildman–Crippen LogP) is 3.30. The van der Waals surface area contributed by atoms with Crippen LogP contribution in [-0.2, 0) is 0 Å². The van der Waals surface area contributed by atoms with E-state index in [-0.39, 0.29) is 10.7 Å². The Balaban J connectivity index is 2.01. The number of hydrogen-bond donors (Lipinski definition) is 2. The molecule has 1 N–H and O–H groups in total. The zero-order chi connectivity index (χ0) is 13.2. The summed E-state index contributed by atoms with van der Waals surface area (Å²) in [5, 5.41) is 3.06. The fourth-order valence-corrected chi connectivity index (χ4v) is 3.64. The first kappa shape index (κ1) is 13.8. The number of rotatable bonds is 3. The van der Waals surface area contributed by atoms with Gasteiger partial charge in [0, 0.05) is 21.8 Å². The van der Waals surface area contributed by atoms with Crippen molar-refractivity contribution < 1.29 is 4.79 Å². The van der Waals surface area contributed by atoms with Gasteiger partial charge in [0.05, 0.1) is 0 Å². The molecule has 1 aliphatic rings. The van der Waals surface area contributed by atoms with E-state index in [2.05, 4.69) is 24.9 Å². The van der Waals surface area contributed by atoms with Crippen LogP contribution < -0.4 is 5.32 Å². The fraction of sp³-hybridized carbons (Fsp3) is 0.500. The Morgan fingerprint density at radius 1 is 1.56 bits per heavy atom. The molecule has 0 saturated carbocycles. The van der Waals surface area contributed by atoms with E-state index in [1.807, 2.05) is 36.9 Å². The van der Waals surface area contributed by atoms with Crippen molar-refractivity contribution in [3.8, 4) is 0 Å². The Kier molecular flexibility index (Phi) is 4.28. The van der Waals surface area contributed by atoms with Crippen LogP contribution in [0.15, 0.2) is 23.1 Å². The maximum absolute atomic E-state index is 12.2. The molecule has 1 aromatic carbocycles. The van der Waals surface area contributed by atoms with E-state index in [1.165, 1.54) is 18.6 Å². The quantitative estimate of drug-likeness (QED) is 0.832.